The van der Waals surface area contributed by atoms with E-state index in [0.717, 1.165) is 10.0 Å². The molecule has 0 saturated carbocycles. The molecule has 0 atom stereocenters. The standard InChI is InChI=1S/C20H15BrN2O4S2/c21-13-2-1-3-14(10-13)22-18(24)6-7-23-19(25)17(29-20(23)28)9-12-4-5-15-16(8-12)27-11-26-15/h1-5,8-10H,6-7,11H2,(H,22,24)/b17-9-. The van der Waals surface area contributed by atoms with Gasteiger partial charge in [-0.25, -0.2) is 0 Å². The summed E-state index contributed by atoms with van der Waals surface area (Å²) >= 11 is 9.93. The smallest absolute Gasteiger partial charge is 0.266 e. The summed E-state index contributed by atoms with van der Waals surface area (Å²) in [4.78, 5) is 26.9. The molecule has 9 heteroatoms. The molecule has 0 radical (unpaired) electrons. The molecule has 2 heterocycles. The van der Waals surface area contributed by atoms with Gasteiger partial charge in [-0.2, -0.15) is 0 Å². The van der Waals surface area contributed by atoms with Crippen LogP contribution in [0.4, 0.5) is 5.69 Å². The number of nitrogens with one attached hydrogen (secondary N) is 1. The van der Waals surface area contributed by atoms with E-state index in [2.05, 4.69) is 21.2 Å². The van der Waals surface area contributed by atoms with E-state index in [1.165, 1.54) is 16.7 Å². The van der Waals surface area contributed by atoms with E-state index in [4.69, 9.17) is 21.7 Å². The molecule has 1 N–H and O–H groups in total. The zero-order valence-electron chi connectivity index (χ0n) is 15.0. The molecule has 0 aliphatic carbocycles. The maximum absolute atomic E-state index is 12.7. The van der Waals surface area contributed by atoms with Crippen LogP contribution >= 0.6 is 39.9 Å². The van der Waals surface area contributed by atoms with Gasteiger partial charge in [-0.15, -0.1) is 0 Å². The molecule has 0 bridgehead atoms. The number of ether oxygens (including phenoxy) is 2. The molecule has 2 aliphatic heterocycles. The van der Waals surface area contributed by atoms with E-state index in [9.17, 15) is 9.59 Å². The molecule has 2 aromatic carbocycles. The lowest BCUT2D eigenvalue weighted by Gasteiger charge is -2.14. The Hall–Kier alpha value is -2.36. The van der Waals surface area contributed by atoms with Crippen molar-refractivity contribution in [1.29, 1.82) is 0 Å². The van der Waals surface area contributed by atoms with Gasteiger partial charge in [0.2, 0.25) is 12.7 Å². The Morgan fingerprint density at radius 3 is 2.90 bits per heavy atom. The maximum atomic E-state index is 12.7. The second-order valence-electron chi connectivity index (χ2n) is 6.25. The van der Waals surface area contributed by atoms with E-state index in [1.54, 1.807) is 18.2 Å². The number of carbonyl (C=O) groups is 2. The van der Waals surface area contributed by atoms with E-state index >= 15 is 0 Å². The van der Waals surface area contributed by atoms with Crippen molar-refractivity contribution < 1.29 is 19.1 Å². The van der Waals surface area contributed by atoms with Crippen LogP contribution in [0.1, 0.15) is 12.0 Å². The van der Waals surface area contributed by atoms with E-state index in [-0.39, 0.29) is 31.6 Å². The second-order valence-corrected chi connectivity index (χ2v) is 8.85. The summed E-state index contributed by atoms with van der Waals surface area (Å²) in [6.07, 6.45) is 1.92. The summed E-state index contributed by atoms with van der Waals surface area (Å²) in [6.45, 7) is 0.423. The lowest BCUT2D eigenvalue weighted by Crippen LogP contribution is -2.31. The van der Waals surface area contributed by atoms with E-state index in [1.807, 2.05) is 30.3 Å². The van der Waals surface area contributed by atoms with Crippen LogP contribution in [0.3, 0.4) is 0 Å². The minimum absolute atomic E-state index is 0.149. The first-order chi connectivity index (χ1) is 14.0. The largest absolute Gasteiger partial charge is 0.454 e. The third-order valence-corrected chi connectivity index (χ3v) is 6.11. The Morgan fingerprint density at radius 1 is 1.24 bits per heavy atom. The summed E-state index contributed by atoms with van der Waals surface area (Å²) in [6, 6.07) is 12.8. The fraction of sp³-hybridized carbons (Fsp3) is 0.150. The topological polar surface area (TPSA) is 67.9 Å². The number of thioether (sulfide) groups is 1. The van der Waals surface area contributed by atoms with Gasteiger partial charge in [0.25, 0.3) is 5.91 Å². The van der Waals surface area contributed by atoms with Gasteiger partial charge >= 0.3 is 0 Å². The molecule has 6 nitrogen and oxygen atoms in total. The van der Waals surface area contributed by atoms with Crippen LogP contribution in [0, 0.1) is 0 Å². The number of amides is 2. The van der Waals surface area contributed by atoms with Gasteiger partial charge in [0.15, 0.2) is 11.5 Å². The number of thiocarbonyl (C=S) groups is 1. The average Bonchev–Trinajstić information content (AvgIpc) is 3.24. The van der Waals surface area contributed by atoms with Gasteiger partial charge in [0.1, 0.15) is 4.32 Å². The van der Waals surface area contributed by atoms with Crippen molar-refractivity contribution in [1.82, 2.24) is 4.90 Å². The lowest BCUT2D eigenvalue weighted by atomic mass is 10.2. The summed E-state index contributed by atoms with van der Waals surface area (Å²) in [7, 11) is 0. The first-order valence-electron chi connectivity index (χ1n) is 8.70. The van der Waals surface area contributed by atoms with Gasteiger partial charge in [-0.3, -0.25) is 14.5 Å². The molecule has 1 fully saturated rings. The molecule has 0 unspecified atom stereocenters. The highest BCUT2D eigenvalue weighted by Crippen LogP contribution is 2.36. The highest BCUT2D eigenvalue weighted by Gasteiger charge is 2.32. The number of fused-ring (bicyclic) bond motifs is 1. The van der Waals surface area contributed by atoms with Crippen molar-refractivity contribution in [3.05, 3.63) is 57.4 Å². The van der Waals surface area contributed by atoms with Gasteiger partial charge in [-0.1, -0.05) is 52.0 Å². The van der Waals surface area contributed by atoms with Gasteiger partial charge in [-0.05, 0) is 42.0 Å². The molecule has 29 heavy (non-hydrogen) atoms. The van der Waals surface area contributed by atoms with E-state index in [0.29, 0.717) is 26.4 Å². The molecule has 0 aromatic heterocycles. The molecule has 0 spiro atoms. The Morgan fingerprint density at radius 2 is 2.07 bits per heavy atom. The third kappa shape index (κ3) is 4.63. The monoisotopic (exact) mass is 490 g/mol. The molecule has 2 aliphatic rings. The Labute approximate surface area is 185 Å². The fourth-order valence-electron chi connectivity index (χ4n) is 2.85. The minimum Gasteiger partial charge on any atom is -0.454 e. The SMILES string of the molecule is O=C(CCN1C(=O)/C(=C/c2ccc3c(c2)OCO3)SC1=S)Nc1cccc(Br)c1. The lowest BCUT2D eigenvalue weighted by molar-refractivity contribution is -0.122. The van der Waals surface area contributed by atoms with E-state index < -0.39 is 0 Å². The number of carbonyl (C=O) groups excluding carboxylic acids is 2. The summed E-state index contributed by atoms with van der Waals surface area (Å²) in [5.41, 5.74) is 1.51. The molecular weight excluding hydrogens is 476 g/mol. The van der Waals surface area contributed by atoms with Crippen molar-refractivity contribution in [2.75, 3.05) is 18.7 Å². The van der Waals surface area contributed by atoms with Crippen LogP contribution in [0.15, 0.2) is 51.8 Å². The van der Waals surface area contributed by atoms with Crippen molar-refractivity contribution in [3.8, 4) is 11.5 Å². The fourth-order valence-corrected chi connectivity index (χ4v) is 4.56. The third-order valence-electron chi connectivity index (χ3n) is 4.24. The number of nitrogens with zero attached hydrogens (tertiary/aromatic N) is 1. The number of halogens is 1. The zero-order valence-corrected chi connectivity index (χ0v) is 18.2. The summed E-state index contributed by atoms with van der Waals surface area (Å²) in [5, 5.41) is 2.81. The average molecular weight is 491 g/mol. The van der Waals surface area contributed by atoms with Crippen molar-refractivity contribution >= 4 is 67.8 Å². The van der Waals surface area contributed by atoms with Gasteiger partial charge < -0.3 is 14.8 Å². The van der Waals surface area contributed by atoms with Crippen LogP contribution in [-0.2, 0) is 9.59 Å². The van der Waals surface area contributed by atoms with Crippen LogP contribution in [-0.4, -0.2) is 34.4 Å². The molecule has 4 rings (SSSR count). The number of benzene rings is 2. The molecule has 2 aromatic rings. The van der Waals surface area contributed by atoms with Gasteiger partial charge in [0, 0.05) is 23.1 Å². The summed E-state index contributed by atoms with van der Waals surface area (Å²) < 4.78 is 12.0. The predicted octanol–water partition coefficient (Wildman–Crippen LogP) is 4.41. The maximum Gasteiger partial charge on any atom is 0.266 e. The minimum atomic E-state index is -0.201. The quantitative estimate of drug-likeness (QED) is 0.494. The van der Waals surface area contributed by atoms with Crippen LogP contribution in [0.2, 0.25) is 0 Å². The summed E-state index contributed by atoms with van der Waals surface area (Å²) in [5.74, 6) is 0.953. The van der Waals surface area contributed by atoms with Crippen LogP contribution in [0.5, 0.6) is 11.5 Å². The first-order valence-corrected chi connectivity index (χ1v) is 10.7. The number of anilines is 1. The highest BCUT2D eigenvalue weighted by atomic mass is 79.9. The Bertz CT molecular complexity index is 1040. The number of hydrogen-bond acceptors (Lipinski definition) is 6. The molecule has 148 valence electrons. The van der Waals surface area contributed by atoms with Crippen molar-refractivity contribution in [2.24, 2.45) is 0 Å². The van der Waals surface area contributed by atoms with Crippen LogP contribution in [0.25, 0.3) is 6.08 Å². The normalized spacial score (nSPS) is 16.6. The number of rotatable bonds is 5. The molecule has 1 saturated heterocycles. The van der Waals surface area contributed by atoms with Crippen LogP contribution < -0.4 is 14.8 Å². The predicted molar refractivity (Wildman–Crippen MR) is 120 cm³/mol. The zero-order chi connectivity index (χ0) is 20.4. The van der Waals surface area contributed by atoms with Crippen molar-refractivity contribution in [3.63, 3.8) is 0 Å². The molecule has 2 amide bonds. The number of hydrogen-bond donors (Lipinski definition) is 1. The second kappa shape index (κ2) is 8.56. The Balaban J connectivity index is 1.38. The van der Waals surface area contributed by atoms with Gasteiger partial charge in [0.05, 0.1) is 4.91 Å². The first kappa shape index (κ1) is 19.9. The Kier molecular flexibility index (Phi) is 5.89. The highest BCUT2D eigenvalue weighted by molar-refractivity contribution is 9.10. The van der Waals surface area contributed by atoms with Crippen molar-refractivity contribution in [2.45, 2.75) is 6.42 Å². The molecular formula is C20H15BrN2O4S2.